The van der Waals surface area contributed by atoms with Crippen LogP contribution < -0.4 is 0 Å². The summed E-state index contributed by atoms with van der Waals surface area (Å²) in [4.78, 5) is 14.7. The Balaban J connectivity index is 0.000000924. The van der Waals surface area contributed by atoms with Crippen molar-refractivity contribution in [1.82, 2.24) is 4.98 Å². The van der Waals surface area contributed by atoms with Crippen LogP contribution in [-0.2, 0) is 4.74 Å². The first-order chi connectivity index (χ1) is 11.1. The summed E-state index contributed by atoms with van der Waals surface area (Å²) in [7, 11) is 1.34. The van der Waals surface area contributed by atoms with Gasteiger partial charge in [0.15, 0.2) is 0 Å². The Hall–Kier alpha value is -2.14. The summed E-state index contributed by atoms with van der Waals surface area (Å²) in [6, 6.07) is 12.0. The van der Waals surface area contributed by atoms with Crippen molar-refractivity contribution in [2.75, 3.05) is 7.11 Å². The summed E-state index contributed by atoms with van der Waals surface area (Å²) in [6.07, 6.45) is 0. The lowest BCUT2D eigenvalue weighted by molar-refractivity contribution is 0.0594. The van der Waals surface area contributed by atoms with E-state index in [-0.39, 0.29) is 5.82 Å². The van der Waals surface area contributed by atoms with E-state index in [1.54, 1.807) is 12.1 Å². The molecule has 0 fully saturated rings. The van der Waals surface area contributed by atoms with Crippen LogP contribution in [-0.4, -0.2) is 18.1 Å². The van der Waals surface area contributed by atoms with Crippen molar-refractivity contribution in [2.45, 2.75) is 13.8 Å². The van der Waals surface area contributed by atoms with E-state index in [9.17, 15) is 9.18 Å². The normalized spacial score (nSPS) is 10.1. The molecular formula is C18H17BrFNO2. The predicted octanol–water partition coefficient (Wildman–Crippen LogP) is 5.55. The Morgan fingerprint density at radius 1 is 1.09 bits per heavy atom. The molecule has 0 saturated carbocycles. The number of carbonyl (C=O) groups excluding carboxylic acids is 1. The van der Waals surface area contributed by atoms with E-state index < -0.39 is 5.97 Å². The summed E-state index contributed by atoms with van der Waals surface area (Å²) in [5.74, 6) is -0.697. The Labute approximate surface area is 142 Å². The van der Waals surface area contributed by atoms with E-state index in [2.05, 4.69) is 20.9 Å². The summed E-state index contributed by atoms with van der Waals surface area (Å²) < 4.78 is 18.4. The van der Waals surface area contributed by atoms with E-state index in [0.717, 1.165) is 22.0 Å². The minimum atomic E-state index is -0.429. The lowest BCUT2D eigenvalue weighted by Gasteiger charge is -2.02. The largest absolute Gasteiger partial charge is 0.464 e. The fraction of sp³-hybridized carbons (Fsp3) is 0.167. The number of aromatic amines is 1. The lowest BCUT2D eigenvalue weighted by Crippen LogP contribution is -2.01. The highest BCUT2D eigenvalue weighted by Gasteiger charge is 2.16. The number of halogens is 2. The highest BCUT2D eigenvalue weighted by molar-refractivity contribution is 9.10. The number of rotatable bonds is 2. The van der Waals surface area contributed by atoms with Crippen LogP contribution in [0.25, 0.3) is 22.0 Å². The van der Waals surface area contributed by atoms with Crippen molar-refractivity contribution in [1.29, 1.82) is 0 Å². The maximum Gasteiger partial charge on any atom is 0.355 e. The molecule has 0 radical (unpaired) electrons. The molecular weight excluding hydrogens is 361 g/mol. The number of esters is 1. The molecule has 2 aromatic carbocycles. The average molecular weight is 378 g/mol. The molecule has 0 saturated heterocycles. The average Bonchev–Trinajstić information content (AvgIpc) is 2.93. The van der Waals surface area contributed by atoms with Crippen molar-refractivity contribution in [3.05, 3.63) is 58.4 Å². The van der Waals surface area contributed by atoms with E-state index in [0.29, 0.717) is 10.2 Å². The highest BCUT2D eigenvalue weighted by Crippen LogP contribution is 2.32. The zero-order chi connectivity index (χ0) is 17.0. The number of hydrogen-bond acceptors (Lipinski definition) is 2. The highest BCUT2D eigenvalue weighted by atomic mass is 79.9. The smallest absolute Gasteiger partial charge is 0.355 e. The van der Waals surface area contributed by atoms with Gasteiger partial charge in [-0.15, -0.1) is 0 Å². The molecule has 0 aliphatic carbocycles. The molecule has 0 atom stereocenters. The molecule has 0 unspecified atom stereocenters. The first-order valence-corrected chi connectivity index (χ1v) is 8.05. The summed E-state index contributed by atoms with van der Waals surface area (Å²) in [6.45, 7) is 4.00. The van der Waals surface area contributed by atoms with Crippen LogP contribution in [0.4, 0.5) is 4.39 Å². The third-order valence-electron chi connectivity index (χ3n) is 3.30. The molecule has 0 spiro atoms. The number of aromatic nitrogens is 1. The molecule has 1 heterocycles. The van der Waals surface area contributed by atoms with E-state index >= 15 is 0 Å². The predicted molar refractivity (Wildman–Crippen MR) is 94.1 cm³/mol. The van der Waals surface area contributed by atoms with Gasteiger partial charge in [0.05, 0.1) is 11.6 Å². The monoisotopic (exact) mass is 377 g/mol. The zero-order valence-electron chi connectivity index (χ0n) is 13.1. The van der Waals surface area contributed by atoms with Crippen LogP contribution in [0.15, 0.2) is 46.9 Å². The molecule has 3 aromatic rings. The second kappa shape index (κ2) is 7.42. The minimum absolute atomic E-state index is 0.268. The summed E-state index contributed by atoms with van der Waals surface area (Å²) in [5.41, 5.74) is 3.06. The van der Waals surface area contributed by atoms with Gasteiger partial charge >= 0.3 is 5.97 Å². The van der Waals surface area contributed by atoms with Crippen molar-refractivity contribution in [3.63, 3.8) is 0 Å². The number of hydrogen-bond donors (Lipinski definition) is 1. The molecule has 5 heteroatoms. The van der Waals surface area contributed by atoms with E-state index in [1.165, 1.54) is 19.2 Å². The first kappa shape index (κ1) is 17.2. The van der Waals surface area contributed by atoms with Gasteiger partial charge in [0.2, 0.25) is 0 Å². The first-order valence-electron chi connectivity index (χ1n) is 7.25. The van der Waals surface area contributed by atoms with E-state index in [4.69, 9.17) is 4.74 Å². The fourth-order valence-corrected chi connectivity index (χ4v) is 2.81. The maximum atomic E-state index is 13.0. The third-order valence-corrected chi connectivity index (χ3v) is 4.13. The Morgan fingerprint density at radius 3 is 2.30 bits per heavy atom. The number of carbonyl (C=O) groups is 1. The molecule has 1 aromatic heterocycles. The number of benzene rings is 2. The standard InChI is InChI=1S/C16H11BrFNO2.C2H6/c1-21-16(20)15-14(17)12-8-10(4-7-13(12)19-15)9-2-5-11(18)6-3-9;1-2/h2-8,19H,1H3;1-2H3. The van der Waals surface area contributed by atoms with Crippen LogP contribution >= 0.6 is 15.9 Å². The van der Waals surface area contributed by atoms with Gasteiger partial charge < -0.3 is 9.72 Å². The third kappa shape index (κ3) is 3.45. The van der Waals surface area contributed by atoms with Gasteiger partial charge in [-0.1, -0.05) is 32.0 Å². The SMILES string of the molecule is CC.COC(=O)c1[nH]c2ccc(-c3ccc(F)cc3)cc2c1Br. The molecule has 3 rings (SSSR count). The van der Waals surface area contributed by atoms with Crippen LogP contribution in [0.2, 0.25) is 0 Å². The van der Waals surface area contributed by atoms with Gasteiger partial charge in [-0.05, 0) is 51.3 Å². The quantitative estimate of drug-likeness (QED) is 0.594. The van der Waals surface area contributed by atoms with Crippen LogP contribution in [0.1, 0.15) is 24.3 Å². The molecule has 0 amide bonds. The lowest BCUT2D eigenvalue weighted by atomic mass is 10.0. The molecule has 23 heavy (non-hydrogen) atoms. The van der Waals surface area contributed by atoms with Gasteiger partial charge in [-0.3, -0.25) is 0 Å². The summed E-state index contributed by atoms with van der Waals surface area (Å²) in [5, 5.41) is 0.872. The molecule has 0 aliphatic rings. The molecule has 1 N–H and O–H groups in total. The van der Waals surface area contributed by atoms with Crippen molar-refractivity contribution in [3.8, 4) is 11.1 Å². The molecule has 120 valence electrons. The van der Waals surface area contributed by atoms with Crippen molar-refractivity contribution < 1.29 is 13.9 Å². The van der Waals surface area contributed by atoms with Gasteiger partial charge in [-0.2, -0.15) is 0 Å². The van der Waals surface area contributed by atoms with Gasteiger partial charge in [-0.25, -0.2) is 9.18 Å². The van der Waals surface area contributed by atoms with Gasteiger partial charge in [0.25, 0.3) is 0 Å². The number of fused-ring (bicyclic) bond motifs is 1. The van der Waals surface area contributed by atoms with Crippen LogP contribution in [0, 0.1) is 5.82 Å². The fourth-order valence-electron chi connectivity index (χ4n) is 2.22. The Morgan fingerprint density at radius 2 is 1.70 bits per heavy atom. The number of nitrogens with one attached hydrogen (secondary N) is 1. The number of methoxy groups -OCH3 is 1. The number of H-pyrrole nitrogens is 1. The maximum absolute atomic E-state index is 13.0. The second-order valence-corrected chi connectivity index (χ2v) is 5.37. The van der Waals surface area contributed by atoms with Gasteiger partial charge in [0.1, 0.15) is 11.5 Å². The minimum Gasteiger partial charge on any atom is -0.464 e. The molecule has 3 nitrogen and oxygen atoms in total. The number of ether oxygens (including phenoxy) is 1. The molecule has 0 bridgehead atoms. The van der Waals surface area contributed by atoms with Crippen LogP contribution in [0.5, 0.6) is 0 Å². The molecule has 0 aliphatic heterocycles. The van der Waals surface area contributed by atoms with Gasteiger partial charge in [0, 0.05) is 10.9 Å². The topological polar surface area (TPSA) is 42.1 Å². The Kier molecular flexibility index (Phi) is 5.55. The summed E-state index contributed by atoms with van der Waals surface area (Å²) >= 11 is 3.42. The zero-order valence-corrected chi connectivity index (χ0v) is 14.7. The Bertz CT molecular complexity index is 825. The van der Waals surface area contributed by atoms with Crippen LogP contribution in [0.3, 0.4) is 0 Å². The van der Waals surface area contributed by atoms with Crippen molar-refractivity contribution in [2.24, 2.45) is 0 Å². The second-order valence-electron chi connectivity index (χ2n) is 4.57. The van der Waals surface area contributed by atoms with Crippen molar-refractivity contribution >= 4 is 32.8 Å². The van der Waals surface area contributed by atoms with E-state index in [1.807, 2.05) is 32.0 Å².